The first-order valence-corrected chi connectivity index (χ1v) is 6.68. The Balaban J connectivity index is 2.23. The van der Waals surface area contributed by atoms with Crippen molar-refractivity contribution in [3.63, 3.8) is 0 Å². The molecule has 0 aromatic carbocycles. The van der Waals surface area contributed by atoms with Gasteiger partial charge in [0.1, 0.15) is 0 Å². The van der Waals surface area contributed by atoms with E-state index in [0.717, 1.165) is 18.4 Å². The van der Waals surface area contributed by atoms with Gasteiger partial charge in [-0.2, -0.15) is 0 Å². The van der Waals surface area contributed by atoms with Gasteiger partial charge in [-0.1, -0.05) is 25.7 Å². The molecule has 0 aromatic rings. The second-order valence-electron chi connectivity index (χ2n) is 6.42. The van der Waals surface area contributed by atoms with Crippen LogP contribution in [0.4, 0.5) is 0 Å². The Kier molecular flexibility index (Phi) is 3.43. The molecule has 0 heterocycles. The summed E-state index contributed by atoms with van der Waals surface area (Å²) in [5, 5.41) is 29.7. The van der Waals surface area contributed by atoms with E-state index in [1.807, 2.05) is 0 Å². The summed E-state index contributed by atoms with van der Waals surface area (Å²) < 4.78 is 0. The zero-order valence-corrected chi connectivity index (χ0v) is 11.2. The maximum absolute atomic E-state index is 10.6. The summed E-state index contributed by atoms with van der Waals surface area (Å²) in [5.74, 6) is 0.211. The van der Waals surface area contributed by atoms with Crippen molar-refractivity contribution in [1.29, 1.82) is 0 Å². The summed E-state index contributed by atoms with van der Waals surface area (Å²) in [6.07, 6.45) is 3.13. The molecule has 3 N–H and O–H groups in total. The molecule has 18 heavy (non-hydrogen) atoms. The Hall–Kier alpha value is -0.640. The van der Waals surface area contributed by atoms with Crippen molar-refractivity contribution in [3.05, 3.63) is 24.3 Å². The molecule has 0 unspecified atom stereocenters. The molecule has 2 fully saturated rings. The topological polar surface area (TPSA) is 60.7 Å². The predicted octanol–water partition coefficient (Wildman–Crippen LogP) is 1.78. The summed E-state index contributed by atoms with van der Waals surface area (Å²) in [7, 11) is 0. The molecule has 0 radical (unpaired) electrons. The fourth-order valence-electron chi connectivity index (χ4n) is 3.76. The van der Waals surface area contributed by atoms with Gasteiger partial charge in [-0.15, -0.1) is 0 Å². The zero-order valence-electron chi connectivity index (χ0n) is 11.2. The minimum absolute atomic E-state index is 0.0245. The summed E-state index contributed by atoms with van der Waals surface area (Å²) in [4.78, 5) is 0. The molecule has 0 amide bonds. The zero-order chi connectivity index (χ0) is 13.6. The summed E-state index contributed by atoms with van der Waals surface area (Å²) >= 11 is 0. The molecule has 4 atom stereocenters. The Bertz CT molecular complexity index is 376. The average Bonchev–Trinajstić information content (AvgIpc) is 2.30. The van der Waals surface area contributed by atoms with Crippen LogP contribution in [0.3, 0.4) is 0 Å². The predicted molar refractivity (Wildman–Crippen MR) is 71.0 cm³/mol. The second-order valence-corrected chi connectivity index (χ2v) is 6.42. The first kappa shape index (κ1) is 13.8. The summed E-state index contributed by atoms with van der Waals surface area (Å²) in [5.41, 5.74) is 0.588. The van der Waals surface area contributed by atoms with Gasteiger partial charge in [0.25, 0.3) is 0 Å². The van der Waals surface area contributed by atoms with Gasteiger partial charge in [0.05, 0.1) is 18.3 Å². The van der Waals surface area contributed by atoms with E-state index >= 15 is 0 Å². The molecule has 0 bridgehead atoms. The van der Waals surface area contributed by atoms with E-state index in [4.69, 9.17) is 0 Å². The fourth-order valence-corrected chi connectivity index (χ4v) is 3.76. The molecule has 3 nitrogen and oxygen atoms in total. The molecule has 2 rings (SSSR count). The highest BCUT2D eigenvalue weighted by molar-refractivity contribution is 5.23. The van der Waals surface area contributed by atoms with E-state index in [2.05, 4.69) is 20.1 Å². The molecule has 2 aliphatic carbocycles. The molecular formula is C15H24O3. The number of hydrogen-bond acceptors (Lipinski definition) is 3. The molecule has 3 heteroatoms. The molecule has 2 saturated carbocycles. The van der Waals surface area contributed by atoms with Crippen LogP contribution in [0.1, 0.15) is 39.0 Å². The fraction of sp³-hybridized carbons (Fsp3) is 0.733. The Labute approximate surface area is 109 Å². The lowest BCUT2D eigenvalue weighted by Gasteiger charge is -2.53. The highest BCUT2D eigenvalue weighted by Crippen LogP contribution is 2.55. The Morgan fingerprint density at radius 2 is 2.06 bits per heavy atom. The van der Waals surface area contributed by atoms with Crippen LogP contribution >= 0.6 is 0 Å². The first-order valence-electron chi connectivity index (χ1n) is 6.68. The van der Waals surface area contributed by atoms with Gasteiger partial charge in [-0.25, -0.2) is 0 Å². The van der Waals surface area contributed by atoms with Crippen LogP contribution in [0.5, 0.6) is 0 Å². The number of aliphatic hydroxyl groups is 3. The van der Waals surface area contributed by atoms with Gasteiger partial charge < -0.3 is 15.3 Å². The standard InChI is InChI=1S/C15H24O3/c1-10-6-12(17)7-14(3)4-5-15(18,8-13(10)14)11(2)9-16/h12-13,16-18H,1-2,4-9H2,3H3/t12-,13-,14-,15-/m0/s1. The molecule has 0 spiro atoms. The van der Waals surface area contributed by atoms with Crippen molar-refractivity contribution in [3.8, 4) is 0 Å². The van der Waals surface area contributed by atoms with Crippen molar-refractivity contribution < 1.29 is 15.3 Å². The van der Waals surface area contributed by atoms with Gasteiger partial charge in [0, 0.05) is 0 Å². The lowest BCUT2D eigenvalue weighted by molar-refractivity contribution is -0.0637. The van der Waals surface area contributed by atoms with Gasteiger partial charge in [0.15, 0.2) is 0 Å². The van der Waals surface area contributed by atoms with Crippen LogP contribution in [0, 0.1) is 11.3 Å². The first-order chi connectivity index (χ1) is 8.31. The number of fused-ring (bicyclic) bond motifs is 1. The van der Waals surface area contributed by atoms with E-state index in [-0.39, 0.29) is 24.0 Å². The summed E-state index contributed by atoms with van der Waals surface area (Å²) in [6.45, 7) is 9.87. The number of aliphatic hydroxyl groups excluding tert-OH is 2. The molecule has 0 aliphatic heterocycles. The van der Waals surface area contributed by atoms with Crippen molar-refractivity contribution in [2.45, 2.75) is 50.7 Å². The van der Waals surface area contributed by atoms with Crippen LogP contribution in [0.2, 0.25) is 0 Å². The Morgan fingerprint density at radius 3 is 2.67 bits per heavy atom. The Morgan fingerprint density at radius 1 is 1.39 bits per heavy atom. The average molecular weight is 252 g/mol. The lowest BCUT2D eigenvalue weighted by atomic mass is 9.54. The lowest BCUT2D eigenvalue weighted by Crippen LogP contribution is -2.49. The van der Waals surface area contributed by atoms with Crippen LogP contribution < -0.4 is 0 Å². The minimum Gasteiger partial charge on any atom is -0.393 e. The van der Waals surface area contributed by atoms with Gasteiger partial charge in [-0.05, 0) is 49.0 Å². The third-order valence-corrected chi connectivity index (χ3v) is 5.03. The van der Waals surface area contributed by atoms with E-state index in [1.165, 1.54) is 0 Å². The van der Waals surface area contributed by atoms with Crippen molar-refractivity contribution >= 4 is 0 Å². The number of rotatable bonds is 2. The van der Waals surface area contributed by atoms with E-state index in [1.54, 1.807) is 0 Å². The molecule has 102 valence electrons. The van der Waals surface area contributed by atoms with Crippen LogP contribution in [0.25, 0.3) is 0 Å². The molecular weight excluding hydrogens is 228 g/mol. The molecule has 2 aliphatic rings. The monoisotopic (exact) mass is 252 g/mol. The highest BCUT2D eigenvalue weighted by Gasteiger charge is 2.50. The second kappa shape index (κ2) is 4.48. The van der Waals surface area contributed by atoms with Gasteiger partial charge in [-0.3, -0.25) is 0 Å². The van der Waals surface area contributed by atoms with E-state index < -0.39 is 5.60 Å². The normalized spacial score (nSPS) is 44.6. The summed E-state index contributed by atoms with van der Waals surface area (Å²) in [6, 6.07) is 0. The van der Waals surface area contributed by atoms with Gasteiger partial charge in [0.2, 0.25) is 0 Å². The molecule has 0 aromatic heterocycles. The smallest absolute Gasteiger partial charge is 0.0882 e. The van der Waals surface area contributed by atoms with Crippen LogP contribution in [-0.4, -0.2) is 33.6 Å². The quantitative estimate of drug-likeness (QED) is 0.657. The van der Waals surface area contributed by atoms with E-state index in [0.29, 0.717) is 24.8 Å². The molecule has 0 saturated heterocycles. The van der Waals surface area contributed by atoms with Crippen molar-refractivity contribution in [1.82, 2.24) is 0 Å². The minimum atomic E-state index is -0.968. The maximum Gasteiger partial charge on any atom is 0.0882 e. The highest BCUT2D eigenvalue weighted by atomic mass is 16.3. The third kappa shape index (κ3) is 2.15. The largest absolute Gasteiger partial charge is 0.393 e. The van der Waals surface area contributed by atoms with E-state index in [9.17, 15) is 15.3 Å². The van der Waals surface area contributed by atoms with Crippen molar-refractivity contribution in [2.75, 3.05) is 6.61 Å². The van der Waals surface area contributed by atoms with Crippen LogP contribution in [0.15, 0.2) is 24.3 Å². The third-order valence-electron chi connectivity index (χ3n) is 5.03. The van der Waals surface area contributed by atoms with Crippen LogP contribution in [-0.2, 0) is 0 Å². The van der Waals surface area contributed by atoms with Crippen molar-refractivity contribution in [2.24, 2.45) is 11.3 Å². The SMILES string of the molecule is C=C1C[C@H](O)C[C@]2(C)CC[C@@](O)(C(=C)CO)C[C@@H]12. The number of hydrogen-bond donors (Lipinski definition) is 3. The van der Waals surface area contributed by atoms with Gasteiger partial charge >= 0.3 is 0 Å². The maximum atomic E-state index is 10.6.